The van der Waals surface area contributed by atoms with Crippen LogP contribution in [0.4, 0.5) is 0 Å². The van der Waals surface area contributed by atoms with E-state index in [1.807, 2.05) is 42.5 Å². The molecule has 0 aromatic heterocycles. The number of likely N-dealkylation sites (tertiary alicyclic amines) is 1. The van der Waals surface area contributed by atoms with Crippen molar-refractivity contribution < 1.29 is 19.0 Å². The molecule has 1 aliphatic rings. The second-order valence-corrected chi connectivity index (χ2v) is 7.42. The van der Waals surface area contributed by atoms with Crippen molar-refractivity contribution in [2.75, 3.05) is 34.4 Å². The predicted molar refractivity (Wildman–Crippen MR) is 122 cm³/mol. The molecule has 30 heavy (non-hydrogen) atoms. The molecule has 6 heteroatoms. The number of nitrogens with zero attached hydrogens (tertiary/aromatic N) is 1. The van der Waals surface area contributed by atoms with Gasteiger partial charge in [-0.25, -0.2) is 0 Å². The van der Waals surface area contributed by atoms with Crippen LogP contribution in [0.3, 0.4) is 0 Å². The first-order chi connectivity index (χ1) is 14.2. The first kappa shape index (κ1) is 24.0. The number of methoxy groups -OCH3 is 3. The van der Waals surface area contributed by atoms with Crippen LogP contribution in [0.15, 0.2) is 42.5 Å². The number of carbonyl (C=O) groups excluding carboxylic acids is 1. The maximum Gasteiger partial charge on any atom is 0.203 e. The minimum atomic E-state index is -0.0329. The Morgan fingerprint density at radius 1 is 0.900 bits per heavy atom. The van der Waals surface area contributed by atoms with Gasteiger partial charge in [0.05, 0.1) is 21.3 Å². The van der Waals surface area contributed by atoms with Gasteiger partial charge in [0.15, 0.2) is 17.3 Å². The lowest BCUT2D eigenvalue weighted by atomic mass is 9.95. The van der Waals surface area contributed by atoms with Crippen LogP contribution in [0.1, 0.15) is 54.1 Å². The minimum absolute atomic E-state index is 0. The molecule has 164 valence electrons. The Bertz CT molecular complexity index is 779. The second kappa shape index (κ2) is 11.8. The Kier molecular flexibility index (Phi) is 9.47. The molecule has 2 aromatic carbocycles. The molecule has 1 saturated heterocycles. The summed E-state index contributed by atoms with van der Waals surface area (Å²) in [5, 5.41) is 0. The summed E-state index contributed by atoms with van der Waals surface area (Å²) in [5.41, 5.74) is 1.77. The number of hydrogen-bond donors (Lipinski definition) is 0. The van der Waals surface area contributed by atoms with Gasteiger partial charge in [-0.15, -0.1) is 12.4 Å². The summed E-state index contributed by atoms with van der Waals surface area (Å²) in [6.07, 6.45) is 5.21. The average Bonchev–Trinajstić information content (AvgIpc) is 3.06. The monoisotopic (exact) mass is 433 g/mol. The molecule has 0 aliphatic carbocycles. The van der Waals surface area contributed by atoms with Crippen molar-refractivity contribution in [3.8, 4) is 17.2 Å². The SMILES string of the molecule is COc1cc(C(CC(=O)c2ccccc2)N2CCCCCC2)cc(OC)c1OC.Cl. The highest BCUT2D eigenvalue weighted by molar-refractivity contribution is 5.96. The third kappa shape index (κ3) is 5.67. The molecule has 0 spiro atoms. The van der Waals surface area contributed by atoms with Crippen LogP contribution in [0.25, 0.3) is 0 Å². The second-order valence-electron chi connectivity index (χ2n) is 7.42. The van der Waals surface area contributed by atoms with Crippen LogP contribution in [0, 0.1) is 0 Å². The zero-order valence-corrected chi connectivity index (χ0v) is 18.9. The summed E-state index contributed by atoms with van der Waals surface area (Å²) in [6, 6.07) is 13.5. The Hall–Kier alpha value is -2.24. The van der Waals surface area contributed by atoms with Gasteiger partial charge in [-0.1, -0.05) is 43.2 Å². The quantitative estimate of drug-likeness (QED) is 0.527. The number of halogens is 1. The summed E-state index contributed by atoms with van der Waals surface area (Å²) in [5.74, 6) is 1.96. The van der Waals surface area contributed by atoms with E-state index in [4.69, 9.17) is 14.2 Å². The zero-order chi connectivity index (χ0) is 20.6. The van der Waals surface area contributed by atoms with Gasteiger partial charge in [-0.2, -0.15) is 0 Å². The smallest absolute Gasteiger partial charge is 0.203 e. The number of benzene rings is 2. The summed E-state index contributed by atoms with van der Waals surface area (Å²) in [4.78, 5) is 15.5. The van der Waals surface area contributed by atoms with Gasteiger partial charge < -0.3 is 14.2 Å². The number of ketones is 1. The Morgan fingerprint density at radius 2 is 1.47 bits per heavy atom. The standard InChI is InChI=1S/C24H31NO4.ClH/c1-27-22-15-19(16-23(28-2)24(22)29-3)20(25-13-9-4-5-10-14-25)17-21(26)18-11-7-6-8-12-18;/h6-8,11-12,15-16,20H,4-5,9-10,13-14,17H2,1-3H3;1H. The summed E-state index contributed by atoms with van der Waals surface area (Å²) >= 11 is 0. The van der Waals surface area contributed by atoms with E-state index in [0.717, 1.165) is 37.1 Å². The lowest BCUT2D eigenvalue weighted by Gasteiger charge is -2.31. The Balaban J connectivity index is 0.00000320. The number of hydrogen-bond acceptors (Lipinski definition) is 5. The van der Waals surface area contributed by atoms with Crippen LogP contribution in [0.5, 0.6) is 17.2 Å². The van der Waals surface area contributed by atoms with Gasteiger partial charge in [0, 0.05) is 18.0 Å². The van der Waals surface area contributed by atoms with E-state index in [9.17, 15) is 4.79 Å². The predicted octanol–water partition coefficient (Wildman–Crippen LogP) is 5.32. The number of ether oxygens (including phenoxy) is 3. The summed E-state index contributed by atoms with van der Waals surface area (Å²) < 4.78 is 16.6. The third-order valence-corrected chi connectivity index (χ3v) is 5.63. The van der Waals surface area contributed by atoms with E-state index in [0.29, 0.717) is 23.7 Å². The number of rotatable bonds is 8. The van der Waals surface area contributed by atoms with E-state index in [1.165, 1.54) is 12.8 Å². The molecule has 1 heterocycles. The van der Waals surface area contributed by atoms with Crippen molar-refractivity contribution in [3.05, 3.63) is 53.6 Å². The fourth-order valence-corrected chi connectivity index (χ4v) is 4.08. The maximum absolute atomic E-state index is 13.1. The van der Waals surface area contributed by atoms with Gasteiger partial charge in [-0.05, 0) is 43.6 Å². The molecule has 0 saturated carbocycles. The van der Waals surface area contributed by atoms with Crippen molar-refractivity contribution in [2.45, 2.75) is 38.1 Å². The van der Waals surface area contributed by atoms with Crippen LogP contribution in [-0.2, 0) is 0 Å². The lowest BCUT2D eigenvalue weighted by molar-refractivity contribution is 0.0918. The largest absolute Gasteiger partial charge is 0.493 e. The van der Waals surface area contributed by atoms with Crippen molar-refractivity contribution in [1.29, 1.82) is 0 Å². The average molecular weight is 434 g/mol. The van der Waals surface area contributed by atoms with Crippen molar-refractivity contribution in [3.63, 3.8) is 0 Å². The van der Waals surface area contributed by atoms with Crippen molar-refractivity contribution in [1.82, 2.24) is 4.90 Å². The van der Waals surface area contributed by atoms with Crippen LogP contribution < -0.4 is 14.2 Å². The van der Waals surface area contributed by atoms with Gasteiger partial charge in [-0.3, -0.25) is 9.69 Å². The number of carbonyl (C=O) groups is 1. The maximum atomic E-state index is 13.1. The zero-order valence-electron chi connectivity index (χ0n) is 18.1. The molecule has 0 amide bonds. The topological polar surface area (TPSA) is 48.0 Å². The molecular weight excluding hydrogens is 402 g/mol. The molecule has 1 fully saturated rings. The Labute approximate surface area is 185 Å². The summed E-state index contributed by atoms with van der Waals surface area (Å²) in [6.45, 7) is 1.98. The van der Waals surface area contributed by atoms with Crippen LogP contribution in [0.2, 0.25) is 0 Å². The highest BCUT2D eigenvalue weighted by Crippen LogP contribution is 2.42. The Morgan fingerprint density at radius 3 is 1.97 bits per heavy atom. The van der Waals surface area contributed by atoms with E-state index in [1.54, 1.807) is 21.3 Å². The lowest BCUT2D eigenvalue weighted by Crippen LogP contribution is -2.31. The van der Waals surface area contributed by atoms with Gasteiger partial charge in [0.1, 0.15) is 0 Å². The fourth-order valence-electron chi connectivity index (χ4n) is 4.08. The molecule has 5 nitrogen and oxygen atoms in total. The first-order valence-corrected chi connectivity index (χ1v) is 10.3. The highest BCUT2D eigenvalue weighted by atomic mass is 35.5. The van der Waals surface area contributed by atoms with Gasteiger partial charge >= 0.3 is 0 Å². The highest BCUT2D eigenvalue weighted by Gasteiger charge is 2.27. The molecule has 1 unspecified atom stereocenters. The number of Topliss-reactive ketones (excluding diaryl/α,β-unsaturated/α-hetero) is 1. The fraction of sp³-hybridized carbons (Fsp3) is 0.458. The van der Waals surface area contributed by atoms with Gasteiger partial charge in [0.25, 0.3) is 0 Å². The molecular formula is C24H32ClNO4. The molecule has 1 atom stereocenters. The molecule has 3 rings (SSSR count). The first-order valence-electron chi connectivity index (χ1n) is 10.3. The van der Waals surface area contributed by atoms with E-state index in [2.05, 4.69) is 4.90 Å². The van der Waals surface area contributed by atoms with E-state index in [-0.39, 0.29) is 24.2 Å². The molecule has 1 aliphatic heterocycles. The summed E-state index contributed by atoms with van der Waals surface area (Å²) in [7, 11) is 4.85. The van der Waals surface area contributed by atoms with E-state index >= 15 is 0 Å². The molecule has 0 N–H and O–H groups in total. The van der Waals surface area contributed by atoms with Crippen molar-refractivity contribution in [2.24, 2.45) is 0 Å². The van der Waals surface area contributed by atoms with Crippen LogP contribution >= 0.6 is 12.4 Å². The van der Waals surface area contributed by atoms with Crippen LogP contribution in [-0.4, -0.2) is 45.1 Å². The van der Waals surface area contributed by atoms with Gasteiger partial charge in [0.2, 0.25) is 5.75 Å². The van der Waals surface area contributed by atoms with Crippen molar-refractivity contribution >= 4 is 18.2 Å². The molecule has 0 bridgehead atoms. The normalized spacial score (nSPS) is 15.4. The third-order valence-electron chi connectivity index (χ3n) is 5.63. The van der Waals surface area contributed by atoms with E-state index < -0.39 is 0 Å². The molecule has 2 aromatic rings. The minimum Gasteiger partial charge on any atom is -0.493 e. The molecule has 0 radical (unpaired) electrons.